The Balaban J connectivity index is 2.15. The molecule has 0 atom stereocenters. The lowest BCUT2D eigenvalue weighted by Crippen LogP contribution is -2.27. The van der Waals surface area contributed by atoms with Crippen molar-refractivity contribution < 1.29 is 26.4 Å². The van der Waals surface area contributed by atoms with Crippen molar-refractivity contribution in [1.29, 1.82) is 0 Å². The van der Waals surface area contributed by atoms with Gasteiger partial charge in [-0.15, -0.1) is 0 Å². The van der Waals surface area contributed by atoms with Crippen LogP contribution in [0.2, 0.25) is 0 Å². The average Bonchev–Trinajstić information content (AvgIpc) is 2.59. The molecule has 2 N–H and O–H groups in total. The lowest BCUT2D eigenvalue weighted by Gasteiger charge is -2.09. The first kappa shape index (κ1) is 18.9. The van der Waals surface area contributed by atoms with E-state index in [1.807, 2.05) is 0 Å². The number of nitrogens with one attached hydrogen (secondary N) is 2. The van der Waals surface area contributed by atoms with E-state index in [9.17, 15) is 26.4 Å². The number of rotatable bonds is 7. The number of sulfonamides is 1. The van der Waals surface area contributed by atoms with E-state index in [0.29, 0.717) is 6.07 Å². The molecule has 2 aromatic carbocycles. The van der Waals surface area contributed by atoms with Crippen LogP contribution in [0.1, 0.15) is 15.9 Å². The summed E-state index contributed by atoms with van der Waals surface area (Å²) < 4.78 is 65.2. The third-order valence-corrected chi connectivity index (χ3v) is 4.65. The quantitative estimate of drug-likeness (QED) is 0.782. The molecular weight excluding hydrogens is 357 g/mol. The lowest BCUT2D eigenvalue weighted by atomic mass is 10.2. The largest absolute Gasteiger partial charge is 0.349 e. The van der Waals surface area contributed by atoms with Gasteiger partial charge in [0.25, 0.3) is 5.91 Å². The van der Waals surface area contributed by atoms with Crippen LogP contribution in [0.25, 0.3) is 0 Å². The van der Waals surface area contributed by atoms with Gasteiger partial charge in [-0.25, -0.2) is 26.3 Å². The number of carbonyl (C=O) groups is 1. The van der Waals surface area contributed by atoms with E-state index < -0.39 is 34.2 Å². The zero-order chi connectivity index (χ0) is 18.4. The molecule has 134 valence electrons. The minimum absolute atomic E-state index is 0.0261. The van der Waals surface area contributed by atoms with Crippen LogP contribution in [0.5, 0.6) is 0 Å². The molecule has 9 heteroatoms. The Kier molecular flexibility index (Phi) is 6.16. The Bertz CT molecular complexity index is 873. The van der Waals surface area contributed by atoms with Crippen molar-refractivity contribution in [2.24, 2.45) is 0 Å². The molecule has 0 saturated carbocycles. The fourth-order valence-corrected chi connectivity index (χ4v) is 3.04. The molecule has 0 aromatic heterocycles. The lowest BCUT2D eigenvalue weighted by molar-refractivity contribution is 0.0950. The van der Waals surface area contributed by atoms with Crippen LogP contribution in [0, 0.1) is 11.6 Å². The fraction of sp³-hybridized carbons (Fsp3) is 0.188. The zero-order valence-electron chi connectivity index (χ0n) is 12.9. The Hall–Kier alpha value is -2.39. The third kappa shape index (κ3) is 5.04. The molecule has 0 aliphatic heterocycles. The summed E-state index contributed by atoms with van der Waals surface area (Å²) in [6.45, 7) is -1.31. The molecular formula is C16H15F3N2O3S. The van der Waals surface area contributed by atoms with Crippen LogP contribution >= 0.6 is 0 Å². The van der Waals surface area contributed by atoms with Gasteiger partial charge in [0.1, 0.15) is 18.3 Å². The van der Waals surface area contributed by atoms with Crippen molar-refractivity contribution in [3.05, 3.63) is 65.2 Å². The van der Waals surface area contributed by atoms with E-state index in [4.69, 9.17) is 0 Å². The van der Waals surface area contributed by atoms with Gasteiger partial charge in [0, 0.05) is 30.3 Å². The average molecular weight is 372 g/mol. The van der Waals surface area contributed by atoms with Crippen LogP contribution in [0.3, 0.4) is 0 Å². The van der Waals surface area contributed by atoms with E-state index in [1.165, 1.54) is 18.2 Å². The Morgan fingerprint density at radius 2 is 1.84 bits per heavy atom. The SMILES string of the molecule is O=C(NCCF)c1cccc(S(=O)(=O)NCc2ccc(F)cc2F)c1. The molecule has 0 unspecified atom stereocenters. The van der Waals surface area contributed by atoms with Crippen molar-refractivity contribution in [2.45, 2.75) is 11.4 Å². The summed E-state index contributed by atoms with van der Waals surface area (Å²) in [6, 6.07) is 7.92. The third-order valence-electron chi connectivity index (χ3n) is 3.25. The number of alkyl halides is 1. The van der Waals surface area contributed by atoms with E-state index >= 15 is 0 Å². The Morgan fingerprint density at radius 3 is 2.52 bits per heavy atom. The van der Waals surface area contributed by atoms with E-state index in [0.717, 1.165) is 18.2 Å². The summed E-state index contributed by atoms with van der Waals surface area (Å²) in [5.74, 6) is -2.25. The van der Waals surface area contributed by atoms with Crippen LogP contribution in [-0.4, -0.2) is 27.5 Å². The zero-order valence-corrected chi connectivity index (χ0v) is 13.7. The molecule has 0 bridgehead atoms. The van der Waals surface area contributed by atoms with Crippen molar-refractivity contribution in [3.63, 3.8) is 0 Å². The molecule has 2 rings (SSSR count). The molecule has 1 amide bonds. The highest BCUT2D eigenvalue weighted by molar-refractivity contribution is 7.89. The highest BCUT2D eigenvalue weighted by Crippen LogP contribution is 2.14. The molecule has 2 aromatic rings. The molecule has 5 nitrogen and oxygen atoms in total. The topological polar surface area (TPSA) is 75.3 Å². The maximum Gasteiger partial charge on any atom is 0.251 e. The minimum Gasteiger partial charge on any atom is -0.349 e. The first-order valence-electron chi connectivity index (χ1n) is 7.21. The van der Waals surface area contributed by atoms with E-state index in [2.05, 4.69) is 10.0 Å². The summed E-state index contributed by atoms with van der Waals surface area (Å²) in [7, 11) is -4.03. The summed E-state index contributed by atoms with van der Waals surface area (Å²) in [4.78, 5) is 11.6. The first-order valence-corrected chi connectivity index (χ1v) is 8.69. The van der Waals surface area contributed by atoms with Gasteiger partial charge in [-0.2, -0.15) is 0 Å². The predicted octanol–water partition coefficient (Wildman–Crippen LogP) is 2.14. The second kappa shape index (κ2) is 8.13. The van der Waals surface area contributed by atoms with Gasteiger partial charge < -0.3 is 5.32 Å². The molecule has 0 aliphatic carbocycles. The van der Waals surface area contributed by atoms with Crippen molar-refractivity contribution >= 4 is 15.9 Å². The first-order chi connectivity index (χ1) is 11.8. The summed E-state index contributed by atoms with van der Waals surface area (Å²) >= 11 is 0. The highest BCUT2D eigenvalue weighted by atomic mass is 32.2. The second-order valence-electron chi connectivity index (χ2n) is 5.03. The highest BCUT2D eigenvalue weighted by Gasteiger charge is 2.17. The standard InChI is InChI=1S/C16H15F3N2O3S/c17-6-7-20-16(22)11-2-1-3-14(8-11)25(23,24)21-10-12-4-5-13(18)9-15(12)19/h1-5,8-9,21H,6-7,10H2,(H,20,22). The Morgan fingerprint density at radius 1 is 1.08 bits per heavy atom. The van der Waals surface area contributed by atoms with Gasteiger partial charge in [0.15, 0.2) is 0 Å². The minimum atomic E-state index is -4.03. The van der Waals surface area contributed by atoms with Gasteiger partial charge in [0.05, 0.1) is 4.90 Å². The number of halogens is 3. The summed E-state index contributed by atoms with van der Waals surface area (Å²) in [5, 5.41) is 2.28. The maximum atomic E-state index is 13.6. The predicted molar refractivity (Wildman–Crippen MR) is 85.1 cm³/mol. The molecule has 0 aliphatic rings. The van der Waals surface area contributed by atoms with Crippen molar-refractivity contribution in [1.82, 2.24) is 10.0 Å². The molecule has 0 fully saturated rings. The molecule has 0 radical (unpaired) electrons. The van der Waals surface area contributed by atoms with Crippen LogP contribution in [0.15, 0.2) is 47.4 Å². The number of amides is 1. The van der Waals surface area contributed by atoms with Gasteiger partial charge >= 0.3 is 0 Å². The summed E-state index contributed by atoms with van der Waals surface area (Å²) in [6.07, 6.45) is 0. The van der Waals surface area contributed by atoms with Crippen LogP contribution in [-0.2, 0) is 16.6 Å². The maximum absolute atomic E-state index is 13.6. The number of benzene rings is 2. The van der Waals surface area contributed by atoms with E-state index in [-0.39, 0.29) is 29.1 Å². The number of carbonyl (C=O) groups excluding carboxylic acids is 1. The van der Waals surface area contributed by atoms with Crippen molar-refractivity contribution in [2.75, 3.05) is 13.2 Å². The van der Waals surface area contributed by atoms with Gasteiger partial charge in [0.2, 0.25) is 10.0 Å². The fourth-order valence-electron chi connectivity index (χ4n) is 1.99. The van der Waals surface area contributed by atoms with Gasteiger partial charge in [-0.3, -0.25) is 4.79 Å². The monoisotopic (exact) mass is 372 g/mol. The molecule has 0 heterocycles. The van der Waals surface area contributed by atoms with Gasteiger partial charge in [-0.05, 0) is 24.3 Å². The van der Waals surface area contributed by atoms with Gasteiger partial charge in [-0.1, -0.05) is 12.1 Å². The Labute approximate surface area is 142 Å². The van der Waals surface area contributed by atoms with Crippen LogP contribution < -0.4 is 10.0 Å². The molecule has 0 saturated heterocycles. The number of hydrogen-bond donors (Lipinski definition) is 2. The van der Waals surface area contributed by atoms with Crippen LogP contribution in [0.4, 0.5) is 13.2 Å². The van der Waals surface area contributed by atoms with Crippen molar-refractivity contribution in [3.8, 4) is 0 Å². The number of hydrogen-bond acceptors (Lipinski definition) is 3. The summed E-state index contributed by atoms with van der Waals surface area (Å²) in [5.41, 5.74) is 0.0195. The normalized spacial score (nSPS) is 11.3. The molecule has 25 heavy (non-hydrogen) atoms. The smallest absolute Gasteiger partial charge is 0.251 e. The van der Waals surface area contributed by atoms with E-state index in [1.54, 1.807) is 0 Å². The second-order valence-corrected chi connectivity index (χ2v) is 6.80. The molecule has 0 spiro atoms.